The Morgan fingerprint density at radius 1 is 1.30 bits per heavy atom. The van der Waals surface area contributed by atoms with Gasteiger partial charge in [-0.15, -0.1) is 0 Å². The van der Waals surface area contributed by atoms with Gasteiger partial charge in [0.05, 0.1) is 5.75 Å². The zero-order chi connectivity index (χ0) is 20.4. The molecule has 1 aliphatic rings. The van der Waals surface area contributed by atoms with Gasteiger partial charge in [-0.25, -0.2) is 13.2 Å². The molecule has 1 aromatic carbocycles. The predicted molar refractivity (Wildman–Crippen MR) is 102 cm³/mol. The first-order valence-electron chi connectivity index (χ1n) is 8.68. The molecule has 1 aromatic rings. The molecule has 1 atom stereocenters. The third-order valence-corrected chi connectivity index (χ3v) is 5.35. The molecule has 0 saturated carbocycles. The van der Waals surface area contributed by atoms with E-state index in [1.54, 1.807) is 0 Å². The van der Waals surface area contributed by atoms with Crippen molar-refractivity contribution in [3.05, 3.63) is 29.3 Å². The van der Waals surface area contributed by atoms with Crippen molar-refractivity contribution >= 4 is 33.4 Å². The SMILES string of the molecule is Cc1cccc(C(C)C)c1NC(=O)CN1C(=O)NC(CCS(C)(=O)=O)C1=O. The number of carbonyl (C=O) groups is 3. The van der Waals surface area contributed by atoms with Crippen molar-refractivity contribution in [3.8, 4) is 0 Å². The number of urea groups is 1. The van der Waals surface area contributed by atoms with E-state index in [1.165, 1.54) is 0 Å². The molecule has 148 valence electrons. The number of anilines is 1. The molecule has 0 bridgehead atoms. The molecule has 8 nitrogen and oxygen atoms in total. The molecule has 0 spiro atoms. The number of aryl methyl sites for hydroxylation is 1. The maximum Gasteiger partial charge on any atom is 0.325 e. The fraction of sp³-hybridized carbons (Fsp3) is 0.500. The van der Waals surface area contributed by atoms with Gasteiger partial charge in [0, 0.05) is 11.9 Å². The number of nitrogens with one attached hydrogen (secondary N) is 2. The minimum atomic E-state index is -3.25. The summed E-state index contributed by atoms with van der Waals surface area (Å²) in [6.45, 7) is 5.46. The molecule has 27 heavy (non-hydrogen) atoms. The highest BCUT2D eigenvalue weighted by Gasteiger charge is 2.39. The van der Waals surface area contributed by atoms with Crippen LogP contribution < -0.4 is 10.6 Å². The fourth-order valence-corrected chi connectivity index (χ4v) is 3.58. The minimum absolute atomic E-state index is 0.0170. The molecule has 2 rings (SSSR count). The number of amides is 4. The van der Waals surface area contributed by atoms with Gasteiger partial charge >= 0.3 is 6.03 Å². The Hall–Kier alpha value is -2.42. The van der Waals surface area contributed by atoms with E-state index in [4.69, 9.17) is 0 Å². The van der Waals surface area contributed by atoms with Gasteiger partial charge in [-0.3, -0.25) is 14.5 Å². The summed E-state index contributed by atoms with van der Waals surface area (Å²) >= 11 is 0. The molecule has 1 fully saturated rings. The van der Waals surface area contributed by atoms with Crippen molar-refractivity contribution in [3.63, 3.8) is 0 Å². The molecule has 1 heterocycles. The van der Waals surface area contributed by atoms with Crippen molar-refractivity contribution in [2.24, 2.45) is 0 Å². The number of benzene rings is 1. The largest absolute Gasteiger partial charge is 0.326 e. The van der Waals surface area contributed by atoms with Crippen LogP contribution in [0.3, 0.4) is 0 Å². The van der Waals surface area contributed by atoms with E-state index < -0.39 is 40.3 Å². The molecule has 9 heteroatoms. The zero-order valence-electron chi connectivity index (χ0n) is 15.9. The van der Waals surface area contributed by atoms with Crippen LogP contribution in [0.2, 0.25) is 0 Å². The third kappa shape index (κ3) is 5.29. The number of hydrogen-bond acceptors (Lipinski definition) is 5. The summed E-state index contributed by atoms with van der Waals surface area (Å²) in [6.07, 6.45) is 1.05. The van der Waals surface area contributed by atoms with Crippen LogP contribution >= 0.6 is 0 Å². The standard InChI is InChI=1S/C18H25N3O5S/c1-11(2)13-7-5-6-12(3)16(13)20-15(22)10-21-17(23)14(19-18(21)24)8-9-27(4,25)26/h5-7,11,14H,8-10H2,1-4H3,(H,19,24)(H,20,22). The molecule has 0 aliphatic carbocycles. The summed E-state index contributed by atoms with van der Waals surface area (Å²) in [5, 5.41) is 5.22. The van der Waals surface area contributed by atoms with Crippen molar-refractivity contribution in [1.29, 1.82) is 0 Å². The van der Waals surface area contributed by atoms with Crippen molar-refractivity contribution < 1.29 is 22.8 Å². The van der Waals surface area contributed by atoms with E-state index in [0.717, 1.165) is 22.3 Å². The average molecular weight is 395 g/mol. The summed E-state index contributed by atoms with van der Waals surface area (Å²) < 4.78 is 22.5. The number of para-hydroxylation sites is 1. The maximum atomic E-state index is 12.4. The smallest absolute Gasteiger partial charge is 0.325 e. The van der Waals surface area contributed by atoms with Gasteiger partial charge in [-0.2, -0.15) is 0 Å². The Bertz CT molecular complexity index is 864. The van der Waals surface area contributed by atoms with E-state index in [9.17, 15) is 22.8 Å². The van der Waals surface area contributed by atoms with E-state index in [2.05, 4.69) is 10.6 Å². The van der Waals surface area contributed by atoms with Gasteiger partial charge in [-0.1, -0.05) is 32.0 Å². The first-order valence-corrected chi connectivity index (χ1v) is 10.7. The Balaban J connectivity index is 2.06. The van der Waals surface area contributed by atoms with Gasteiger partial charge in [-0.05, 0) is 30.4 Å². The van der Waals surface area contributed by atoms with Crippen LogP contribution in [0.4, 0.5) is 10.5 Å². The van der Waals surface area contributed by atoms with Gasteiger partial charge in [0.1, 0.15) is 22.4 Å². The second-order valence-electron chi connectivity index (χ2n) is 7.09. The minimum Gasteiger partial charge on any atom is -0.326 e. The lowest BCUT2D eigenvalue weighted by Gasteiger charge is -2.18. The Morgan fingerprint density at radius 2 is 1.96 bits per heavy atom. The van der Waals surface area contributed by atoms with Gasteiger partial charge in [0.2, 0.25) is 5.91 Å². The molecular formula is C18H25N3O5S. The van der Waals surface area contributed by atoms with Crippen molar-refractivity contribution in [2.45, 2.75) is 39.2 Å². The first-order chi connectivity index (χ1) is 12.5. The number of carbonyl (C=O) groups excluding carboxylic acids is 3. The lowest BCUT2D eigenvalue weighted by molar-refractivity contribution is -0.130. The zero-order valence-corrected chi connectivity index (χ0v) is 16.7. The quantitative estimate of drug-likeness (QED) is 0.678. The monoisotopic (exact) mass is 395 g/mol. The number of sulfone groups is 1. The van der Waals surface area contributed by atoms with E-state index in [0.29, 0.717) is 5.69 Å². The van der Waals surface area contributed by atoms with Gasteiger partial charge in [0.25, 0.3) is 5.91 Å². The molecule has 4 amide bonds. The second-order valence-corrected chi connectivity index (χ2v) is 9.35. The van der Waals surface area contributed by atoms with Crippen molar-refractivity contribution in [2.75, 3.05) is 23.9 Å². The molecule has 1 saturated heterocycles. The molecule has 0 radical (unpaired) electrons. The van der Waals surface area contributed by atoms with E-state index in [-0.39, 0.29) is 18.1 Å². The van der Waals surface area contributed by atoms with Crippen LogP contribution in [0.1, 0.15) is 37.3 Å². The Morgan fingerprint density at radius 3 is 2.56 bits per heavy atom. The molecule has 0 aromatic heterocycles. The third-order valence-electron chi connectivity index (χ3n) is 4.38. The highest BCUT2D eigenvalue weighted by molar-refractivity contribution is 7.90. The van der Waals surface area contributed by atoms with Crippen LogP contribution in [0.5, 0.6) is 0 Å². The molecule has 1 unspecified atom stereocenters. The predicted octanol–water partition coefficient (Wildman–Crippen LogP) is 1.41. The topological polar surface area (TPSA) is 113 Å². The number of hydrogen-bond donors (Lipinski definition) is 2. The summed E-state index contributed by atoms with van der Waals surface area (Å²) in [7, 11) is -3.25. The van der Waals surface area contributed by atoms with E-state index >= 15 is 0 Å². The average Bonchev–Trinajstić information content (AvgIpc) is 2.81. The fourth-order valence-electron chi connectivity index (χ4n) is 2.92. The molecule has 2 N–H and O–H groups in total. The van der Waals surface area contributed by atoms with Crippen molar-refractivity contribution in [1.82, 2.24) is 10.2 Å². The van der Waals surface area contributed by atoms with Crippen LogP contribution in [-0.2, 0) is 19.4 Å². The van der Waals surface area contributed by atoms with Crippen LogP contribution in [-0.4, -0.2) is 55.8 Å². The summed E-state index contributed by atoms with van der Waals surface area (Å²) in [5.74, 6) is -1.10. The number of imide groups is 1. The lowest BCUT2D eigenvalue weighted by atomic mass is 9.98. The van der Waals surface area contributed by atoms with E-state index in [1.807, 2.05) is 39.0 Å². The van der Waals surface area contributed by atoms with Crippen LogP contribution in [0.25, 0.3) is 0 Å². The number of nitrogens with zero attached hydrogens (tertiary/aromatic N) is 1. The first kappa shape index (κ1) is 20.9. The summed E-state index contributed by atoms with van der Waals surface area (Å²) in [4.78, 5) is 37.6. The maximum absolute atomic E-state index is 12.4. The summed E-state index contributed by atoms with van der Waals surface area (Å²) in [6, 6.07) is 4.08. The Labute approximate surface area is 159 Å². The second kappa shape index (κ2) is 8.08. The van der Waals surface area contributed by atoms with Gasteiger partial charge in [0.15, 0.2) is 0 Å². The lowest BCUT2D eigenvalue weighted by Crippen LogP contribution is -2.38. The molecular weight excluding hydrogens is 370 g/mol. The molecule has 1 aliphatic heterocycles. The number of rotatable bonds is 7. The normalized spacial score (nSPS) is 17.4. The van der Waals surface area contributed by atoms with Gasteiger partial charge < -0.3 is 10.6 Å². The highest BCUT2D eigenvalue weighted by atomic mass is 32.2. The summed E-state index contributed by atoms with van der Waals surface area (Å²) in [5.41, 5.74) is 2.53. The Kier molecular flexibility index (Phi) is 6.25. The van der Waals surface area contributed by atoms with Crippen LogP contribution in [0.15, 0.2) is 18.2 Å². The van der Waals surface area contributed by atoms with Crippen LogP contribution in [0, 0.1) is 6.92 Å². The highest BCUT2D eigenvalue weighted by Crippen LogP contribution is 2.27.